The van der Waals surface area contributed by atoms with Crippen LogP contribution in [0.3, 0.4) is 0 Å². The van der Waals surface area contributed by atoms with Gasteiger partial charge >= 0.3 is 0 Å². The van der Waals surface area contributed by atoms with Gasteiger partial charge in [0.2, 0.25) is 0 Å². The third-order valence-corrected chi connectivity index (χ3v) is 5.32. The first-order chi connectivity index (χ1) is 13.0. The van der Waals surface area contributed by atoms with Crippen LogP contribution < -0.4 is 10.5 Å². The van der Waals surface area contributed by atoms with Crippen molar-refractivity contribution < 1.29 is 9.53 Å². The molecule has 2 N–H and O–H groups in total. The van der Waals surface area contributed by atoms with Crippen molar-refractivity contribution in [2.75, 3.05) is 32.5 Å². The third kappa shape index (κ3) is 4.61. The van der Waals surface area contributed by atoms with Crippen LogP contribution in [0.5, 0.6) is 5.75 Å². The number of carbonyl (C=O) groups is 1. The van der Waals surface area contributed by atoms with Crippen LogP contribution in [0.1, 0.15) is 34.8 Å². The van der Waals surface area contributed by atoms with E-state index in [1.165, 1.54) is 5.56 Å². The molecule has 144 valence electrons. The molecule has 1 fully saturated rings. The molecular weight excluding hydrogens is 338 g/mol. The maximum Gasteiger partial charge on any atom is 0.256 e. The van der Waals surface area contributed by atoms with Crippen LogP contribution in [-0.4, -0.2) is 48.5 Å². The largest absolute Gasteiger partial charge is 0.497 e. The van der Waals surface area contributed by atoms with Gasteiger partial charge in [-0.2, -0.15) is 0 Å². The maximum atomic E-state index is 13.1. The van der Waals surface area contributed by atoms with Gasteiger partial charge in [0.1, 0.15) is 5.75 Å². The van der Waals surface area contributed by atoms with Crippen molar-refractivity contribution in [3.05, 3.63) is 59.2 Å². The first kappa shape index (κ1) is 19.2. The molecule has 0 unspecified atom stereocenters. The Labute approximate surface area is 161 Å². The number of rotatable bonds is 4. The molecule has 1 heterocycles. The van der Waals surface area contributed by atoms with Crippen LogP contribution in [-0.2, 0) is 6.54 Å². The molecule has 1 amide bonds. The Balaban J connectivity index is 1.68. The average Bonchev–Trinajstić information content (AvgIpc) is 2.85. The molecule has 5 nitrogen and oxygen atoms in total. The highest BCUT2D eigenvalue weighted by Crippen LogP contribution is 2.21. The Morgan fingerprint density at radius 2 is 1.89 bits per heavy atom. The lowest BCUT2D eigenvalue weighted by molar-refractivity contribution is 0.0702. The summed E-state index contributed by atoms with van der Waals surface area (Å²) in [5, 5.41) is 0. The number of nitrogen functional groups attached to an aromatic ring is 1. The number of nitrogens with zero attached hydrogens (tertiary/aromatic N) is 2. The fourth-order valence-electron chi connectivity index (χ4n) is 3.57. The van der Waals surface area contributed by atoms with Gasteiger partial charge in [0.15, 0.2) is 0 Å². The standard InChI is InChI=1S/C22H29N3O2/c1-16-4-9-21(23)20(14-16)22(26)25-13-12-24(11-10-17(25)2)15-18-5-7-19(27-3)8-6-18/h4-9,14,17H,10-13,15,23H2,1-3H3/t17-/m1/s1. The predicted molar refractivity (Wildman–Crippen MR) is 109 cm³/mol. The minimum Gasteiger partial charge on any atom is -0.497 e. The van der Waals surface area contributed by atoms with E-state index in [2.05, 4.69) is 24.0 Å². The molecule has 1 aliphatic rings. The Hall–Kier alpha value is -2.53. The van der Waals surface area contributed by atoms with Crippen LogP contribution in [0, 0.1) is 6.92 Å². The van der Waals surface area contributed by atoms with E-state index in [1.54, 1.807) is 7.11 Å². The molecule has 2 aromatic carbocycles. The maximum absolute atomic E-state index is 13.1. The molecular formula is C22H29N3O2. The molecule has 0 saturated carbocycles. The molecule has 2 aromatic rings. The zero-order valence-electron chi connectivity index (χ0n) is 16.4. The topological polar surface area (TPSA) is 58.8 Å². The Morgan fingerprint density at radius 3 is 2.59 bits per heavy atom. The van der Waals surface area contributed by atoms with Gasteiger partial charge in [-0.1, -0.05) is 23.8 Å². The molecule has 0 spiro atoms. The van der Waals surface area contributed by atoms with Gasteiger partial charge in [-0.05, 0) is 50.1 Å². The number of anilines is 1. The monoisotopic (exact) mass is 367 g/mol. The average molecular weight is 367 g/mol. The van der Waals surface area contributed by atoms with Gasteiger partial charge in [-0.3, -0.25) is 9.69 Å². The van der Waals surface area contributed by atoms with Crippen molar-refractivity contribution in [1.82, 2.24) is 9.80 Å². The summed E-state index contributed by atoms with van der Waals surface area (Å²) in [5.74, 6) is 0.908. The van der Waals surface area contributed by atoms with Crippen LogP contribution in [0.2, 0.25) is 0 Å². The van der Waals surface area contributed by atoms with E-state index in [0.717, 1.165) is 37.4 Å². The lowest BCUT2D eigenvalue weighted by Crippen LogP contribution is -2.40. The normalized spacial score (nSPS) is 18.2. The zero-order valence-corrected chi connectivity index (χ0v) is 16.4. The van der Waals surface area contributed by atoms with Crippen molar-refractivity contribution in [1.29, 1.82) is 0 Å². The van der Waals surface area contributed by atoms with Crippen molar-refractivity contribution >= 4 is 11.6 Å². The number of aryl methyl sites for hydroxylation is 1. The van der Waals surface area contributed by atoms with Gasteiger partial charge in [0.25, 0.3) is 5.91 Å². The molecule has 0 bridgehead atoms. The highest BCUT2D eigenvalue weighted by Gasteiger charge is 2.26. The molecule has 0 aromatic heterocycles. The number of nitrogens with two attached hydrogens (primary N) is 1. The molecule has 3 rings (SSSR count). The Morgan fingerprint density at radius 1 is 1.15 bits per heavy atom. The predicted octanol–water partition coefficient (Wildman–Crippen LogP) is 3.32. The minimum absolute atomic E-state index is 0.0370. The fraction of sp³-hybridized carbons (Fsp3) is 0.409. The van der Waals surface area contributed by atoms with E-state index in [-0.39, 0.29) is 11.9 Å². The van der Waals surface area contributed by atoms with Crippen LogP contribution in [0.4, 0.5) is 5.69 Å². The number of carbonyl (C=O) groups excluding carboxylic acids is 1. The lowest BCUT2D eigenvalue weighted by atomic mass is 10.1. The van der Waals surface area contributed by atoms with Crippen LogP contribution >= 0.6 is 0 Å². The van der Waals surface area contributed by atoms with E-state index in [4.69, 9.17) is 10.5 Å². The quantitative estimate of drug-likeness (QED) is 0.842. The summed E-state index contributed by atoms with van der Waals surface area (Å²) in [7, 11) is 1.68. The highest BCUT2D eigenvalue weighted by atomic mass is 16.5. The van der Waals surface area contributed by atoms with E-state index in [0.29, 0.717) is 17.8 Å². The van der Waals surface area contributed by atoms with E-state index >= 15 is 0 Å². The summed E-state index contributed by atoms with van der Waals surface area (Å²) in [5.41, 5.74) is 9.54. The molecule has 0 radical (unpaired) electrons. The summed E-state index contributed by atoms with van der Waals surface area (Å²) in [6.07, 6.45) is 0.952. The van der Waals surface area contributed by atoms with Crippen molar-refractivity contribution in [2.45, 2.75) is 32.9 Å². The lowest BCUT2D eigenvalue weighted by Gasteiger charge is -2.27. The second-order valence-corrected chi connectivity index (χ2v) is 7.35. The van der Waals surface area contributed by atoms with Crippen LogP contribution in [0.15, 0.2) is 42.5 Å². The van der Waals surface area contributed by atoms with Crippen LogP contribution in [0.25, 0.3) is 0 Å². The van der Waals surface area contributed by atoms with Gasteiger partial charge in [-0.25, -0.2) is 0 Å². The Kier molecular flexibility index (Phi) is 6.01. The summed E-state index contributed by atoms with van der Waals surface area (Å²) >= 11 is 0. The molecule has 27 heavy (non-hydrogen) atoms. The number of amides is 1. The summed E-state index contributed by atoms with van der Waals surface area (Å²) < 4.78 is 5.23. The number of methoxy groups -OCH3 is 1. The van der Waals surface area contributed by atoms with Gasteiger partial charge in [0, 0.05) is 37.9 Å². The second-order valence-electron chi connectivity index (χ2n) is 7.35. The van der Waals surface area contributed by atoms with Crippen molar-refractivity contribution in [2.24, 2.45) is 0 Å². The zero-order chi connectivity index (χ0) is 19.4. The van der Waals surface area contributed by atoms with E-state index in [1.807, 2.05) is 42.2 Å². The van der Waals surface area contributed by atoms with Gasteiger partial charge in [-0.15, -0.1) is 0 Å². The Bertz CT molecular complexity index is 789. The van der Waals surface area contributed by atoms with E-state index < -0.39 is 0 Å². The number of hydrogen-bond acceptors (Lipinski definition) is 4. The summed E-state index contributed by atoms with van der Waals surface area (Å²) in [4.78, 5) is 17.5. The fourth-order valence-corrected chi connectivity index (χ4v) is 3.57. The molecule has 5 heteroatoms. The third-order valence-electron chi connectivity index (χ3n) is 5.32. The minimum atomic E-state index is 0.0370. The first-order valence-electron chi connectivity index (χ1n) is 9.50. The molecule has 1 aliphatic heterocycles. The molecule has 0 aliphatic carbocycles. The number of benzene rings is 2. The number of hydrogen-bond donors (Lipinski definition) is 1. The molecule has 1 saturated heterocycles. The highest BCUT2D eigenvalue weighted by molar-refractivity contribution is 5.99. The SMILES string of the molecule is COc1ccc(CN2CC[C@@H](C)N(C(=O)c3cc(C)ccc3N)CC2)cc1. The second kappa shape index (κ2) is 8.44. The van der Waals surface area contributed by atoms with Crippen molar-refractivity contribution in [3.63, 3.8) is 0 Å². The van der Waals surface area contributed by atoms with Gasteiger partial charge < -0.3 is 15.4 Å². The first-order valence-corrected chi connectivity index (χ1v) is 9.50. The number of ether oxygens (including phenoxy) is 1. The molecule has 1 atom stereocenters. The summed E-state index contributed by atoms with van der Waals surface area (Å²) in [6.45, 7) is 7.53. The van der Waals surface area contributed by atoms with E-state index in [9.17, 15) is 4.79 Å². The van der Waals surface area contributed by atoms with Gasteiger partial charge in [0.05, 0.1) is 12.7 Å². The smallest absolute Gasteiger partial charge is 0.256 e. The van der Waals surface area contributed by atoms with Crippen molar-refractivity contribution in [3.8, 4) is 5.75 Å². The summed E-state index contributed by atoms with van der Waals surface area (Å²) in [6, 6.07) is 14.0.